The number of rotatable bonds is 5. The van der Waals surface area contributed by atoms with E-state index in [9.17, 15) is 18.4 Å². The minimum absolute atomic E-state index is 0.0731. The third kappa shape index (κ3) is 3.45. The maximum absolute atomic E-state index is 12.7. The van der Waals surface area contributed by atoms with Crippen molar-refractivity contribution in [3.05, 3.63) is 65.2 Å². The molecule has 1 aliphatic rings. The molecule has 0 saturated heterocycles. The fourth-order valence-corrected chi connectivity index (χ4v) is 3.27. The summed E-state index contributed by atoms with van der Waals surface area (Å²) in [6.45, 7) is -0.206. The second-order valence-corrected chi connectivity index (χ2v) is 6.44. The molecule has 0 aliphatic carbocycles. The van der Waals surface area contributed by atoms with E-state index in [1.807, 2.05) is 6.07 Å². The Morgan fingerprint density at radius 1 is 1.32 bits per heavy atom. The number of pyridine rings is 1. The molecule has 0 spiro atoms. The van der Waals surface area contributed by atoms with Gasteiger partial charge in [0.25, 0.3) is 12.3 Å². The molecule has 0 radical (unpaired) electrons. The molecular weight excluding hydrogens is 370 g/mol. The van der Waals surface area contributed by atoms with E-state index >= 15 is 0 Å². The number of hydrogen-bond donors (Lipinski definition) is 0. The van der Waals surface area contributed by atoms with Crippen LogP contribution in [-0.2, 0) is 17.7 Å². The van der Waals surface area contributed by atoms with Crippen molar-refractivity contribution in [2.24, 2.45) is 0 Å². The molecule has 0 fully saturated rings. The Bertz CT molecular complexity index is 1050. The summed E-state index contributed by atoms with van der Waals surface area (Å²) in [4.78, 5) is 30.4. The van der Waals surface area contributed by atoms with E-state index in [0.717, 1.165) is 12.0 Å². The van der Waals surface area contributed by atoms with Gasteiger partial charge in [-0.05, 0) is 30.2 Å². The molecule has 28 heavy (non-hydrogen) atoms. The fourth-order valence-electron chi connectivity index (χ4n) is 3.27. The Morgan fingerprint density at radius 3 is 3.00 bits per heavy atom. The van der Waals surface area contributed by atoms with Crippen LogP contribution in [0.3, 0.4) is 0 Å². The molecule has 1 aromatic carbocycles. The summed E-state index contributed by atoms with van der Waals surface area (Å²) in [5, 5.41) is 0.632. The van der Waals surface area contributed by atoms with Crippen LogP contribution in [0.15, 0.2) is 47.1 Å². The van der Waals surface area contributed by atoms with Crippen molar-refractivity contribution >= 4 is 22.8 Å². The Labute approximate surface area is 158 Å². The molecule has 3 heterocycles. The lowest BCUT2D eigenvalue weighted by Gasteiger charge is -2.27. The van der Waals surface area contributed by atoms with Gasteiger partial charge >= 0.3 is 5.97 Å². The van der Waals surface area contributed by atoms with Crippen LogP contribution in [0.25, 0.3) is 11.0 Å². The van der Waals surface area contributed by atoms with Gasteiger partial charge in [0.1, 0.15) is 16.9 Å². The zero-order chi connectivity index (χ0) is 19.7. The minimum Gasteiger partial charge on any atom is -0.458 e. The molecule has 1 amide bonds. The number of nitrogens with zero attached hydrogens (tertiary/aromatic N) is 2. The standard InChI is InChI=1S/C20H16F2N2O4/c21-17(22)11-27-20(26)15-3-1-2-13-8-14(28-18(13)15)10-24-7-5-12-4-6-23-9-16(12)19(24)25/h1-4,6,8-9,17H,5,7,10-11H2. The molecule has 0 saturated carbocycles. The van der Waals surface area contributed by atoms with E-state index in [4.69, 9.17) is 4.42 Å². The molecule has 3 aromatic rings. The van der Waals surface area contributed by atoms with Crippen LogP contribution >= 0.6 is 0 Å². The number of alkyl halides is 2. The van der Waals surface area contributed by atoms with Crippen LogP contribution in [0.4, 0.5) is 8.78 Å². The summed E-state index contributed by atoms with van der Waals surface area (Å²) in [6, 6.07) is 8.38. The van der Waals surface area contributed by atoms with Crippen molar-refractivity contribution < 1.29 is 27.5 Å². The summed E-state index contributed by atoms with van der Waals surface area (Å²) in [6.07, 6.45) is 1.20. The van der Waals surface area contributed by atoms with Crippen molar-refractivity contribution in [3.63, 3.8) is 0 Å². The van der Waals surface area contributed by atoms with Gasteiger partial charge in [-0.3, -0.25) is 9.78 Å². The van der Waals surface area contributed by atoms with E-state index in [-0.39, 0.29) is 23.6 Å². The van der Waals surface area contributed by atoms with Crippen LogP contribution in [0, 0.1) is 0 Å². The molecule has 8 heteroatoms. The molecule has 0 unspecified atom stereocenters. The van der Waals surface area contributed by atoms with E-state index in [1.165, 1.54) is 6.07 Å². The first-order valence-electron chi connectivity index (χ1n) is 8.72. The molecule has 4 rings (SSSR count). The third-order valence-electron chi connectivity index (χ3n) is 4.58. The number of para-hydroxylation sites is 1. The largest absolute Gasteiger partial charge is 0.458 e. The molecule has 0 bridgehead atoms. The molecule has 0 N–H and O–H groups in total. The monoisotopic (exact) mass is 386 g/mol. The lowest BCUT2D eigenvalue weighted by Crippen LogP contribution is -2.37. The third-order valence-corrected chi connectivity index (χ3v) is 4.58. The molecular formula is C20H16F2N2O4. The van der Waals surface area contributed by atoms with Gasteiger partial charge in [0.2, 0.25) is 0 Å². The number of benzene rings is 1. The van der Waals surface area contributed by atoms with Crippen molar-refractivity contribution in [2.75, 3.05) is 13.2 Å². The number of carbonyl (C=O) groups excluding carboxylic acids is 2. The van der Waals surface area contributed by atoms with Crippen molar-refractivity contribution in [3.8, 4) is 0 Å². The fraction of sp³-hybridized carbons (Fsp3) is 0.250. The van der Waals surface area contributed by atoms with Crippen molar-refractivity contribution in [2.45, 2.75) is 19.4 Å². The smallest absolute Gasteiger partial charge is 0.342 e. The number of amides is 1. The number of furan rings is 1. The minimum atomic E-state index is -2.74. The highest BCUT2D eigenvalue weighted by Crippen LogP contribution is 2.26. The predicted molar refractivity (Wildman–Crippen MR) is 95.2 cm³/mol. The number of ether oxygens (including phenoxy) is 1. The zero-order valence-electron chi connectivity index (χ0n) is 14.7. The summed E-state index contributed by atoms with van der Waals surface area (Å²) < 4.78 is 34.9. The van der Waals surface area contributed by atoms with Crippen molar-refractivity contribution in [1.29, 1.82) is 0 Å². The normalized spacial score (nSPS) is 13.8. The number of hydrogen-bond acceptors (Lipinski definition) is 5. The molecule has 2 aromatic heterocycles. The summed E-state index contributed by atoms with van der Waals surface area (Å²) in [7, 11) is 0. The number of halogens is 2. The number of carbonyl (C=O) groups is 2. The lowest BCUT2D eigenvalue weighted by molar-refractivity contribution is 0.0160. The Balaban J connectivity index is 1.57. The van der Waals surface area contributed by atoms with Crippen molar-refractivity contribution in [1.82, 2.24) is 9.88 Å². The average Bonchev–Trinajstić information content (AvgIpc) is 3.11. The molecule has 6 nitrogen and oxygen atoms in total. The van der Waals surface area contributed by atoms with Gasteiger partial charge < -0.3 is 14.1 Å². The number of fused-ring (bicyclic) bond motifs is 2. The Kier molecular flexibility index (Phi) is 4.77. The number of aromatic nitrogens is 1. The second kappa shape index (κ2) is 7.38. The van der Waals surface area contributed by atoms with Crippen LogP contribution in [-0.4, -0.2) is 41.3 Å². The van der Waals surface area contributed by atoms with Crippen LogP contribution < -0.4 is 0 Å². The van der Waals surface area contributed by atoms with Gasteiger partial charge in [-0.1, -0.05) is 12.1 Å². The molecule has 1 aliphatic heterocycles. The van der Waals surface area contributed by atoms with Gasteiger partial charge in [0, 0.05) is 24.3 Å². The van der Waals surface area contributed by atoms with Gasteiger partial charge in [0.15, 0.2) is 6.61 Å². The van der Waals surface area contributed by atoms with E-state index in [1.54, 1.807) is 35.5 Å². The van der Waals surface area contributed by atoms with Gasteiger partial charge in [-0.15, -0.1) is 0 Å². The lowest BCUT2D eigenvalue weighted by atomic mass is 10.0. The summed E-state index contributed by atoms with van der Waals surface area (Å²) >= 11 is 0. The van der Waals surface area contributed by atoms with Crippen LogP contribution in [0.2, 0.25) is 0 Å². The Hall–Kier alpha value is -3.29. The highest BCUT2D eigenvalue weighted by Gasteiger charge is 2.26. The average molecular weight is 386 g/mol. The SMILES string of the molecule is O=C(OCC(F)F)c1cccc2cc(CN3CCc4ccncc4C3=O)oc12. The second-order valence-electron chi connectivity index (χ2n) is 6.44. The van der Waals surface area contributed by atoms with Gasteiger partial charge in [-0.25, -0.2) is 13.6 Å². The Morgan fingerprint density at radius 2 is 2.18 bits per heavy atom. The first kappa shape index (κ1) is 18.1. The highest BCUT2D eigenvalue weighted by atomic mass is 19.3. The predicted octanol–water partition coefficient (Wildman–Crippen LogP) is 3.45. The number of esters is 1. The highest BCUT2D eigenvalue weighted by molar-refractivity contribution is 6.02. The zero-order valence-corrected chi connectivity index (χ0v) is 14.7. The first-order chi connectivity index (χ1) is 13.5. The van der Waals surface area contributed by atoms with Crippen LogP contribution in [0.1, 0.15) is 32.0 Å². The molecule has 0 atom stereocenters. The first-order valence-corrected chi connectivity index (χ1v) is 8.72. The summed E-state index contributed by atoms with van der Waals surface area (Å²) in [5.41, 5.74) is 1.86. The molecule has 144 valence electrons. The maximum Gasteiger partial charge on any atom is 0.342 e. The summed E-state index contributed by atoms with van der Waals surface area (Å²) in [5.74, 6) is -0.517. The quantitative estimate of drug-likeness (QED) is 0.628. The maximum atomic E-state index is 12.7. The van der Waals surface area contributed by atoms with Gasteiger partial charge in [0.05, 0.1) is 12.1 Å². The van der Waals surface area contributed by atoms with E-state index in [2.05, 4.69) is 9.72 Å². The van der Waals surface area contributed by atoms with E-state index < -0.39 is 19.0 Å². The van der Waals surface area contributed by atoms with E-state index in [0.29, 0.717) is 23.3 Å². The topological polar surface area (TPSA) is 72.6 Å². The van der Waals surface area contributed by atoms with Crippen LogP contribution in [0.5, 0.6) is 0 Å². The van der Waals surface area contributed by atoms with Gasteiger partial charge in [-0.2, -0.15) is 0 Å².